The fraction of sp³-hybridized carbons (Fsp3) is 0.450. The smallest absolute Gasteiger partial charge is 0.160 e. The summed E-state index contributed by atoms with van der Waals surface area (Å²) in [6, 6.07) is 10.0. The van der Waals surface area contributed by atoms with Gasteiger partial charge in [-0.3, -0.25) is 4.79 Å². The standard InChI is InChI=1S/C20H28O/c1-5-10-18(11-6-2)14-16(3)20(17(4)21)15-19-12-8-7-9-13-19/h7-9,12-13,15,18H,3,5-6,10-11,14H2,1-2,4H3/b20-15+. The molecule has 0 spiro atoms. The monoisotopic (exact) mass is 284 g/mol. The summed E-state index contributed by atoms with van der Waals surface area (Å²) in [7, 11) is 0. The first-order valence-corrected chi connectivity index (χ1v) is 8.04. The lowest BCUT2D eigenvalue weighted by atomic mass is 9.87. The lowest BCUT2D eigenvalue weighted by Gasteiger charge is -2.17. The van der Waals surface area contributed by atoms with E-state index in [-0.39, 0.29) is 5.78 Å². The molecule has 0 fully saturated rings. The number of ketones is 1. The summed E-state index contributed by atoms with van der Waals surface area (Å²) in [6.07, 6.45) is 7.71. The molecule has 0 saturated heterocycles. The third kappa shape index (κ3) is 6.12. The van der Waals surface area contributed by atoms with Crippen molar-refractivity contribution in [1.82, 2.24) is 0 Å². The molecule has 0 atom stereocenters. The van der Waals surface area contributed by atoms with E-state index < -0.39 is 0 Å². The van der Waals surface area contributed by atoms with Gasteiger partial charge in [0.2, 0.25) is 0 Å². The van der Waals surface area contributed by atoms with Crippen molar-refractivity contribution in [2.75, 3.05) is 0 Å². The van der Waals surface area contributed by atoms with Crippen molar-refractivity contribution in [2.45, 2.75) is 52.9 Å². The fourth-order valence-corrected chi connectivity index (χ4v) is 2.79. The quantitative estimate of drug-likeness (QED) is 0.412. The van der Waals surface area contributed by atoms with Crippen LogP contribution in [0.3, 0.4) is 0 Å². The molecule has 1 rings (SSSR count). The van der Waals surface area contributed by atoms with Crippen LogP contribution in [0.25, 0.3) is 6.08 Å². The van der Waals surface area contributed by atoms with Crippen LogP contribution in [0.1, 0.15) is 58.4 Å². The van der Waals surface area contributed by atoms with E-state index in [2.05, 4.69) is 20.4 Å². The molecule has 1 nitrogen and oxygen atoms in total. The number of carbonyl (C=O) groups excluding carboxylic acids is 1. The Balaban J connectivity index is 2.87. The van der Waals surface area contributed by atoms with Gasteiger partial charge in [0.05, 0.1) is 0 Å². The summed E-state index contributed by atoms with van der Waals surface area (Å²) in [5, 5.41) is 0. The predicted octanol–water partition coefficient (Wildman–Crippen LogP) is 5.82. The highest BCUT2D eigenvalue weighted by atomic mass is 16.1. The summed E-state index contributed by atoms with van der Waals surface area (Å²) in [5.41, 5.74) is 2.82. The van der Waals surface area contributed by atoms with Gasteiger partial charge in [0.1, 0.15) is 0 Å². The van der Waals surface area contributed by atoms with Gasteiger partial charge in [0.15, 0.2) is 5.78 Å². The SMILES string of the molecule is C=C(CC(CCC)CCC)/C(=C\c1ccccc1)C(C)=O. The topological polar surface area (TPSA) is 17.1 Å². The number of carbonyl (C=O) groups is 1. The summed E-state index contributed by atoms with van der Waals surface area (Å²) in [4.78, 5) is 12.0. The van der Waals surface area contributed by atoms with Crippen molar-refractivity contribution >= 4 is 11.9 Å². The molecule has 0 aliphatic carbocycles. The zero-order chi connectivity index (χ0) is 15.7. The van der Waals surface area contributed by atoms with Gasteiger partial charge in [-0.1, -0.05) is 76.4 Å². The molecule has 0 unspecified atom stereocenters. The lowest BCUT2D eigenvalue weighted by molar-refractivity contribution is -0.113. The van der Waals surface area contributed by atoms with E-state index >= 15 is 0 Å². The van der Waals surface area contributed by atoms with Crippen molar-refractivity contribution in [3.05, 3.63) is 53.6 Å². The highest BCUT2D eigenvalue weighted by Gasteiger charge is 2.14. The second-order valence-electron chi connectivity index (χ2n) is 5.78. The van der Waals surface area contributed by atoms with Crippen LogP contribution in [0.15, 0.2) is 48.1 Å². The second kappa shape index (κ2) is 9.33. The molecule has 0 saturated carbocycles. The minimum Gasteiger partial charge on any atom is -0.295 e. The molecule has 1 aromatic carbocycles. The van der Waals surface area contributed by atoms with Gasteiger partial charge >= 0.3 is 0 Å². The van der Waals surface area contributed by atoms with Gasteiger partial charge in [0.25, 0.3) is 0 Å². The zero-order valence-electron chi connectivity index (χ0n) is 13.7. The number of Topliss-reactive ketones (excluding diaryl/α,β-unsaturated/α-hetero) is 1. The molecule has 0 amide bonds. The molecule has 1 heteroatoms. The van der Waals surface area contributed by atoms with Gasteiger partial charge in [0, 0.05) is 5.57 Å². The summed E-state index contributed by atoms with van der Waals surface area (Å²) in [6.45, 7) is 10.3. The number of hydrogen-bond donors (Lipinski definition) is 0. The van der Waals surface area contributed by atoms with E-state index in [9.17, 15) is 4.79 Å². The molecule has 114 valence electrons. The van der Waals surface area contributed by atoms with Crippen LogP contribution in [0.2, 0.25) is 0 Å². The molecule has 21 heavy (non-hydrogen) atoms. The summed E-state index contributed by atoms with van der Waals surface area (Å²) in [5.74, 6) is 0.752. The van der Waals surface area contributed by atoms with Crippen LogP contribution in [-0.2, 0) is 4.79 Å². The van der Waals surface area contributed by atoms with E-state index in [0.29, 0.717) is 5.92 Å². The van der Waals surface area contributed by atoms with Gasteiger partial charge < -0.3 is 0 Å². The van der Waals surface area contributed by atoms with Crippen molar-refractivity contribution < 1.29 is 4.79 Å². The fourth-order valence-electron chi connectivity index (χ4n) is 2.79. The average Bonchev–Trinajstić information content (AvgIpc) is 2.46. The molecule has 0 aliphatic heterocycles. The Morgan fingerprint density at radius 2 is 1.71 bits per heavy atom. The Morgan fingerprint density at radius 1 is 1.14 bits per heavy atom. The Kier molecular flexibility index (Phi) is 7.74. The Bertz CT molecular complexity index is 476. The minimum absolute atomic E-state index is 0.107. The third-order valence-electron chi connectivity index (χ3n) is 3.80. The molecule has 0 N–H and O–H groups in total. The van der Waals surface area contributed by atoms with Crippen LogP contribution in [0.5, 0.6) is 0 Å². The van der Waals surface area contributed by atoms with Crippen molar-refractivity contribution in [2.24, 2.45) is 5.92 Å². The molecule has 0 radical (unpaired) electrons. The Morgan fingerprint density at radius 3 is 2.19 bits per heavy atom. The number of rotatable bonds is 9. The first-order chi connectivity index (χ1) is 10.1. The van der Waals surface area contributed by atoms with Crippen LogP contribution < -0.4 is 0 Å². The van der Waals surface area contributed by atoms with E-state index in [1.54, 1.807) is 6.92 Å². The van der Waals surface area contributed by atoms with Crippen LogP contribution in [-0.4, -0.2) is 5.78 Å². The number of allylic oxidation sites excluding steroid dienone is 2. The maximum Gasteiger partial charge on any atom is 0.160 e. The van der Waals surface area contributed by atoms with E-state index in [1.165, 1.54) is 25.7 Å². The van der Waals surface area contributed by atoms with Gasteiger partial charge in [-0.15, -0.1) is 0 Å². The van der Waals surface area contributed by atoms with Crippen molar-refractivity contribution in [3.8, 4) is 0 Å². The van der Waals surface area contributed by atoms with Crippen molar-refractivity contribution in [3.63, 3.8) is 0 Å². The van der Waals surface area contributed by atoms with Crippen LogP contribution >= 0.6 is 0 Å². The van der Waals surface area contributed by atoms with Gasteiger partial charge in [-0.2, -0.15) is 0 Å². The maximum absolute atomic E-state index is 12.0. The first kappa shape index (κ1) is 17.4. The minimum atomic E-state index is 0.107. The third-order valence-corrected chi connectivity index (χ3v) is 3.80. The zero-order valence-corrected chi connectivity index (χ0v) is 13.7. The lowest BCUT2D eigenvalue weighted by Crippen LogP contribution is -2.06. The molecule has 0 aliphatic rings. The molecule has 0 aromatic heterocycles. The highest BCUT2D eigenvalue weighted by molar-refractivity contribution is 6.01. The Labute approximate surface area is 129 Å². The van der Waals surface area contributed by atoms with E-state index in [4.69, 9.17) is 0 Å². The predicted molar refractivity (Wildman–Crippen MR) is 92.2 cm³/mol. The summed E-state index contributed by atoms with van der Waals surface area (Å²) < 4.78 is 0. The summed E-state index contributed by atoms with van der Waals surface area (Å²) >= 11 is 0. The molecule has 0 heterocycles. The first-order valence-electron chi connectivity index (χ1n) is 8.04. The highest BCUT2D eigenvalue weighted by Crippen LogP contribution is 2.26. The second-order valence-corrected chi connectivity index (χ2v) is 5.78. The van der Waals surface area contributed by atoms with E-state index in [0.717, 1.165) is 23.1 Å². The number of hydrogen-bond acceptors (Lipinski definition) is 1. The molecular weight excluding hydrogens is 256 g/mol. The average molecular weight is 284 g/mol. The normalized spacial score (nSPS) is 11.7. The molecule has 0 bridgehead atoms. The van der Waals surface area contributed by atoms with Crippen molar-refractivity contribution in [1.29, 1.82) is 0 Å². The molecule has 1 aromatic rings. The van der Waals surface area contributed by atoms with E-state index in [1.807, 2.05) is 36.4 Å². The number of benzene rings is 1. The van der Waals surface area contributed by atoms with Gasteiger partial charge in [-0.05, 0) is 36.5 Å². The van der Waals surface area contributed by atoms with Gasteiger partial charge in [-0.25, -0.2) is 0 Å². The van der Waals surface area contributed by atoms with Crippen LogP contribution in [0.4, 0.5) is 0 Å². The molecular formula is C20H28O. The Hall–Kier alpha value is -1.63. The largest absolute Gasteiger partial charge is 0.295 e. The van der Waals surface area contributed by atoms with Crippen LogP contribution in [0, 0.1) is 5.92 Å². The maximum atomic E-state index is 12.0.